The molecule has 3 N–H and O–H groups in total. The zero-order valence-corrected chi connectivity index (χ0v) is 21.4. The Bertz CT molecular complexity index is 1510. The third-order valence-electron chi connectivity index (χ3n) is 6.85. The van der Waals surface area contributed by atoms with E-state index in [1.165, 1.54) is 11.1 Å². The topological polar surface area (TPSA) is 94.0 Å². The summed E-state index contributed by atoms with van der Waals surface area (Å²) in [6, 6.07) is 20.5. The number of rotatable bonds is 8. The average Bonchev–Trinajstić information content (AvgIpc) is 3.57. The summed E-state index contributed by atoms with van der Waals surface area (Å²) < 4.78 is 1.96. The predicted molar refractivity (Wildman–Crippen MR) is 151 cm³/mol. The summed E-state index contributed by atoms with van der Waals surface area (Å²) in [5.41, 5.74) is 13.5. The van der Waals surface area contributed by atoms with Crippen molar-refractivity contribution in [3.05, 3.63) is 114 Å². The van der Waals surface area contributed by atoms with Crippen molar-refractivity contribution in [1.29, 1.82) is 0 Å². The molecule has 5 rings (SSSR count). The fourth-order valence-electron chi connectivity index (χ4n) is 4.30. The Kier molecular flexibility index (Phi) is 6.44. The molecule has 4 aromatic rings. The molecular formula is C30H31N7. The lowest BCUT2D eigenvalue weighted by molar-refractivity contribution is 0.630. The first-order valence-electron chi connectivity index (χ1n) is 12.3. The third-order valence-corrected chi connectivity index (χ3v) is 6.85. The quantitative estimate of drug-likeness (QED) is 0.339. The second-order valence-electron chi connectivity index (χ2n) is 9.71. The molecule has 0 spiro atoms. The molecule has 1 aliphatic rings. The highest BCUT2D eigenvalue weighted by Crippen LogP contribution is 2.32. The van der Waals surface area contributed by atoms with Gasteiger partial charge in [-0.05, 0) is 35.8 Å². The molecule has 0 saturated carbocycles. The number of nitrogens with one attached hydrogen (secondary N) is 1. The maximum atomic E-state index is 6.38. The van der Waals surface area contributed by atoms with Crippen molar-refractivity contribution >= 4 is 17.2 Å². The molecule has 0 atom stereocenters. The molecule has 37 heavy (non-hydrogen) atoms. The molecule has 0 radical (unpaired) electrons. The van der Waals surface area contributed by atoms with Gasteiger partial charge < -0.3 is 11.1 Å². The minimum absolute atomic E-state index is 0.314. The summed E-state index contributed by atoms with van der Waals surface area (Å²) in [6.45, 7) is 11.9. The summed E-state index contributed by atoms with van der Waals surface area (Å²) in [4.78, 5) is 13.8. The van der Waals surface area contributed by atoms with E-state index in [1.807, 2.05) is 53.2 Å². The number of aromatic nitrogens is 4. The lowest BCUT2D eigenvalue weighted by Gasteiger charge is -2.29. The van der Waals surface area contributed by atoms with Crippen molar-refractivity contribution < 1.29 is 0 Å². The van der Waals surface area contributed by atoms with Gasteiger partial charge in [-0.25, -0.2) is 9.97 Å². The van der Waals surface area contributed by atoms with E-state index in [0.29, 0.717) is 36.1 Å². The molecule has 0 saturated heterocycles. The number of benzene rings is 2. The minimum atomic E-state index is -0.314. The van der Waals surface area contributed by atoms with Gasteiger partial charge in [0.2, 0.25) is 0 Å². The van der Waals surface area contributed by atoms with Crippen LogP contribution in [0.15, 0.2) is 96.3 Å². The summed E-state index contributed by atoms with van der Waals surface area (Å²) in [7, 11) is 0. The molecule has 0 fully saturated rings. The van der Waals surface area contributed by atoms with Crippen molar-refractivity contribution in [3.63, 3.8) is 0 Å². The Balaban J connectivity index is 1.43. The molecule has 2 aromatic carbocycles. The zero-order chi connectivity index (χ0) is 26.0. The van der Waals surface area contributed by atoms with Crippen LogP contribution < -0.4 is 11.1 Å². The first-order chi connectivity index (χ1) is 17.8. The average molecular weight is 490 g/mol. The highest BCUT2D eigenvalue weighted by Gasteiger charge is 2.25. The van der Waals surface area contributed by atoms with Gasteiger partial charge in [0.15, 0.2) is 11.6 Å². The number of anilines is 2. The Labute approximate surface area is 217 Å². The minimum Gasteiger partial charge on any atom is -0.382 e. The van der Waals surface area contributed by atoms with Gasteiger partial charge in [0, 0.05) is 11.1 Å². The maximum Gasteiger partial charge on any atom is 0.182 e. The number of aryl methyl sites for hydroxylation is 1. The molecular weight excluding hydrogens is 458 g/mol. The van der Waals surface area contributed by atoms with Crippen molar-refractivity contribution in [1.82, 2.24) is 19.7 Å². The van der Waals surface area contributed by atoms with E-state index < -0.39 is 0 Å². The van der Waals surface area contributed by atoms with Gasteiger partial charge >= 0.3 is 0 Å². The van der Waals surface area contributed by atoms with Crippen LogP contribution in [0, 0.1) is 6.92 Å². The lowest BCUT2D eigenvalue weighted by atomic mass is 9.82. The van der Waals surface area contributed by atoms with E-state index >= 15 is 0 Å². The summed E-state index contributed by atoms with van der Waals surface area (Å²) in [6.07, 6.45) is 5.76. The SMILES string of the molecule is C=C(Nc1cnc(-c2cc(C3=NCC=C3)n(Cc3ccccc3C)n2)nc1N)C(C)(C)c1ccccc1. The van der Waals surface area contributed by atoms with Crippen molar-refractivity contribution in [2.75, 3.05) is 17.6 Å². The fraction of sp³-hybridized carbons (Fsp3) is 0.200. The van der Waals surface area contributed by atoms with Crippen molar-refractivity contribution in [2.45, 2.75) is 32.7 Å². The molecule has 2 aromatic heterocycles. The monoisotopic (exact) mass is 489 g/mol. The summed E-state index contributed by atoms with van der Waals surface area (Å²) in [5, 5.41) is 8.19. The van der Waals surface area contributed by atoms with E-state index in [0.717, 1.165) is 22.7 Å². The summed E-state index contributed by atoms with van der Waals surface area (Å²) >= 11 is 0. The van der Waals surface area contributed by atoms with Gasteiger partial charge in [0.05, 0.1) is 36.4 Å². The molecule has 3 heterocycles. The van der Waals surface area contributed by atoms with Crippen LogP contribution in [-0.2, 0) is 12.0 Å². The van der Waals surface area contributed by atoms with Gasteiger partial charge in [-0.15, -0.1) is 0 Å². The normalized spacial score (nSPS) is 13.0. The fourth-order valence-corrected chi connectivity index (χ4v) is 4.30. The van der Waals surface area contributed by atoms with Crippen LogP contribution in [0.5, 0.6) is 0 Å². The number of nitrogens with two attached hydrogens (primary N) is 1. The van der Waals surface area contributed by atoms with Gasteiger partial charge in [-0.1, -0.05) is 81.1 Å². The number of allylic oxidation sites excluding steroid dienone is 2. The highest BCUT2D eigenvalue weighted by atomic mass is 15.3. The zero-order valence-electron chi connectivity index (χ0n) is 21.4. The van der Waals surface area contributed by atoms with E-state index in [2.05, 4.69) is 71.9 Å². The number of nitrogen functional groups attached to an aromatic ring is 1. The predicted octanol–water partition coefficient (Wildman–Crippen LogP) is 5.54. The molecule has 0 aliphatic carbocycles. The highest BCUT2D eigenvalue weighted by molar-refractivity contribution is 6.09. The van der Waals surface area contributed by atoms with Crippen LogP contribution in [0.25, 0.3) is 11.5 Å². The molecule has 186 valence electrons. The molecule has 1 aliphatic heterocycles. The van der Waals surface area contributed by atoms with Crippen LogP contribution >= 0.6 is 0 Å². The Morgan fingerprint density at radius 3 is 2.57 bits per heavy atom. The van der Waals surface area contributed by atoms with Gasteiger partial charge in [0.25, 0.3) is 0 Å². The maximum absolute atomic E-state index is 6.38. The molecule has 0 bridgehead atoms. The Morgan fingerprint density at radius 2 is 1.86 bits per heavy atom. The third kappa shape index (κ3) is 4.93. The van der Waals surface area contributed by atoms with Crippen LogP contribution in [0.3, 0.4) is 0 Å². The smallest absolute Gasteiger partial charge is 0.182 e. The van der Waals surface area contributed by atoms with E-state index in [9.17, 15) is 0 Å². The van der Waals surface area contributed by atoms with Gasteiger partial charge in [-0.3, -0.25) is 9.67 Å². The number of aliphatic imine (C=N–C) groups is 1. The van der Waals surface area contributed by atoms with E-state index in [4.69, 9.17) is 10.8 Å². The van der Waals surface area contributed by atoms with E-state index in [-0.39, 0.29) is 5.41 Å². The first-order valence-corrected chi connectivity index (χ1v) is 12.3. The first kappa shape index (κ1) is 24.2. The van der Waals surface area contributed by atoms with Crippen LogP contribution in [0.4, 0.5) is 11.5 Å². The Hall–Kier alpha value is -4.52. The second kappa shape index (κ2) is 9.85. The van der Waals surface area contributed by atoms with Crippen LogP contribution in [0.1, 0.15) is 36.2 Å². The number of hydrogen-bond donors (Lipinski definition) is 2. The van der Waals surface area contributed by atoms with Crippen molar-refractivity contribution in [3.8, 4) is 11.5 Å². The van der Waals surface area contributed by atoms with E-state index in [1.54, 1.807) is 6.20 Å². The number of nitrogens with zero attached hydrogens (tertiary/aromatic N) is 5. The lowest BCUT2D eigenvalue weighted by Crippen LogP contribution is -2.25. The molecule has 0 unspecified atom stereocenters. The summed E-state index contributed by atoms with van der Waals surface area (Å²) in [5.74, 6) is 0.798. The van der Waals surface area contributed by atoms with Crippen LogP contribution in [-0.4, -0.2) is 32.0 Å². The van der Waals surface area contributed by atoms with Gasteiger partial charge in [-0.2, -0.15) is 5.10 Å². The van der Waals surface area contributed by atoms with Crippen molar-refractivity contribution in [2.24, 2.45) is 4.99 Å². The second-order valence-corrected chi connectivity index (χ2v) is 9.71. The number of hydrogen-bond acceptors (Lipinski definition) is 6. The van der Waals surface area contributed by atoms with Crippen LogP contribution in [0.2, 0.25) is 0 Å². The molecule has 0 amide bonds. The van der Waals surface area contributed by atoms with Gasteiger partial charge in [0.1, 0.15) is 5.69 Å². The standard InChI is InChI=1S/C30H31N7/c1-20-11-8-9-12-22(20)19-37-27(24-15-10-16-32-24)17-25(36-37)29-33-18-26(28(31)35-29)34-21(2)30(3,4)23-13-6-5-7-14-23/h5-15,17-18,34H,2,16,19H2,1,3-4H3,(H2,31,33,35). The molecule has 7 heteroatoms. The largest absolute Gasteiger partial charge is 0.382 e. The Morgan fingerprint density at radius 1 is 1.11 bits per heavy atom. The molecule has 7 nitrogen and oxygen atoms in total.